The molecule has 0 aliphatic rings. The fraction of sp³-hybridized carbons (Fsp3) is 0.0244. The van der Waals surface area contributed by atoms with Crippen LogP contribution in [0.3, 0.4) is 0 Å². The second-order valence-electron chi connectivity index (χ2n) is 11.5. The molecule has 3 nitrogen and oxygen atoms in total. The molecule has 0 spiro atoms. The lowest BCUT2D eigenvalue weighted by Gasteiger charge is -2.12. The third kappa shape index (κ3) is 4.18. The van der Waals surface area contributed by atoms with Crippen molar-refractivity contribution in [3.63, 3.8) is 0 Å². The Kier molecular flexibility index (Phi) is 5.90. The van der Waals surface area contributed by atoms with E-state index < -0.39 is 0 Å². The quantitative estimate of drug-likeness (QED) is 0.203. The van der Waals surface area contributed by atoms with E-state index in [2.05, 4.69) is 157 Å². The number of benzene rings is 6. The van der Waals surface area contributed by atoms with Crippen molar-refractivity contribution in [2.24, 2.45) is 0 Å². The Balaban J connectivity index is 1.35. The Bertz CT molecular complexity index is 2540. The zero-order valence-corrected chi connectivity index (χ0v) is 25.4. The van der Waals surface area contributed by atoms with Gasteiger partial charge >= 0.3 is 0 Å². The molecule has 0 aliphatic carbocycles. The summed E-state index contributed by atoms with van der Waals surface area (Å²) in [4.78, 5) is 10.6. The summed E-state index contributed by atoms with van der Waals surface area (Å²) in [5, 5.41) is 4.91. The molecule has 0 amide bonds. The van der Waals surface area contributed by atoms with Gasteiger partial charge in [-0.3, -0.25) is 0 Å². The molecule has 3 aromatic heterocycles. The highest BCUT2D eigenvalue weighted by molar-refractivity contribution is 7.26. The van der Waals surface area contributed by atoms with E-state index in [1.807, 2.05) is 11.3 Å². The predicted molar refractivity (Wildman–Crippen MR) is 190 cm³/mol. The van der Waals surface area contributed by atoms with E-state index in [-0.39, 0.29) is 0 Å². The van der Waals surface area contributed by atoms with E-state index in [1.165, 1.54) is 42.0 Å². The summed E-state index contributed by atoms with van der Waals surface area (Å²) in [5.41, 5.74) is 9.75. The van der Waals surface area contributed by atoms with Crippen LogP contribution < -0.4 is 0 Å². The smallest absolute Gasteiger partial charge is 0.161 e. The van der Waals surface area contributed by atoms with Crippen molar-refractivity contribution in [3.05, 3.63) is 151 Å². The van der Waals surface area contributed by atoms with Crippen molar-refractivity contribution in [1.29, 1.82) is 0 Å². The van der Waals surface area contributed by atoms with Gasteiger partial charge in [0.05, 0.1) is 22.4 Å². The monoisotopic (exact) mass is 593 g/mol. The zero-order valence-electron chi connectivity index (χ0n) is 24.6. The molecule has 4 heteroatoms. The first-order valence-electron chi connectivity index (χ1n) is 15.2. The van der Waals surface area contributed by atoms with Crippen LogP contribution in [0.15, 0.2) is 146 Å². The fourth-order valence-electron chi connectivity index (χ4n) is 6.59. The van der Waals surface area contributed by atoms with Crippen LogP contribution in [0.2, 0.25) is 0 Å². The van der Waals surface area contributed by atoms with Crippen LogP contribution in [0.25, 0.3) is 81.6 Å². The predicted octanol–water partition coefficient (Wildman–Crippen LogP) is 11.3. The molecule has 9 rings (SSSR count). The summed E-state index contributed by atoms with van der Waals surface area (Å²) >= 11 is 1.81. The molecule has 6 aromatic carbocycles. The average molecular weight is 594 g/mol. The second kappa shape index (κ2) is 10.3. The van der Waals surface area contributed by atoms with E-state index in [4.69, 9.17) is 9.97 Å². The molecule has 0 bridgehead atoms. The van der Waals surface area contributed by atoms with E-state index in [0.29, 0.717) is 0 Å². The molecule has 0 N–H and O–H groups in total. The SMILES string of the molecule is Cc1ccc(-c2cc(-c3cccc4c3c3ccccc3n4-c3ccccc3)nc(-c3cccc4c3sc3ccccc34)n2)cc1. The molecule has 45 heavy (non-hydrogen) atoms. The summed E-state index contributed by atoms with van der Waals surface area (Å²) < 4.78 is 4.84. The maximum absolute atomic E-state index is 5.36. The van der Waals surface area contributed by atoms with Gasteiger partial charge in [-0.15, -0.1) is 11.3 Å². The molecular formula is C41H27N3S. The number of fused-ring (bicyclic) bond motifs is 6. The van der Waals surface area contributed by atoms with Crippen molar-refractivity contribution in [3.8, 4) is 39.6 Å². The summed E-state index contributed by atoms with van der Waals surface area (Å²) in [6, 6.07) is 51.7. The first-order chi connectivity index (χ1) is 22.2. The standard InChI is InChI=1S/C41H27N3S/c1-26-21-23-27(24-22-26)34-25-35(43-41(42-34)33-17-9-15-30-29-13-6-8-20-38(29)45-40(30)33)31-16-10-19-37-39(31)32-14-5-7-18-36(32)44(37)28-11-3-2-4-12-28/h2-25H,1H3. The molecule has 9 aromatic rings. The van der Waals surface area contributed by atoms with Crippen LogP contribution in [-0.4, -0.2) is 14.5 Å². The van der Waals surface area contributed by atoms with Crippen molar-refractivity contribution in [2.45, 2.75) is 6.92 Å². The Hall–Kier alpha value is -5.58. The van der Waals surface area contributed by atoms with Gasteiger partial charge in [-0.25, -0.2) is 9.97 Å². The number of rotatable bonds is 4. The third-order valence-electron chi connectivity index (χ3n) is 8.71. The van der Waals surface area contributed by atoms with Crippen LogP contribution in [-0.2, 0) is 0 Å². The number of para-hydroxylation sites is 2. The number of hydrogen-bond donors (Lipinski definition) is 0. The van der Waals surface area contributed by atoms with Gasteiger partial charge in [-0.2, -0.15) is 0 Å². The molecule has 0 saturated carbocycles. The molecule has 0 unspecified atom stereocenters. The van der Waals surface area contributed by atoms with E-state index >= 15 is 0 Å². The Morgan fingerprint density at radius 3 is 2.07 bits per heavy atom. The topological polar surface area (TPSA) is 30.7 Å². The van der Waals surface area contributed by atoms with Crippen molar-refractivity contribution >= 4 is 53.3 Å². The lowest BCUT2D eigenvalue weighted by atomic mass is 10.0. The van der Waals surface area contributed by atoms with Crippen molar-refractivity contribution < 1.29 is 0 Å². The molecule has 212 valence electrons. The molecule has 0 aliphatic heterocycles. The van der Waals surface area contributed by atoms with Crippen LogP contribution >= 0.6 is 11.3 Å². The van der Waals surface area contributed by atoms with E-state index in [1.54, 1.807) is 0 Å². The zero-order chi connectivity index (χ0) is 29.9. The van der Waals surface area contributed by atoms with Gasteiger partial charge in [0.25, 0.3) is 0 Å². The van der Waals surface area contributed by atoms with Gasteiger partial charge in [-0.05, 0) is 49.4 Å². The number of nitrogens with zero attached hydrogens (tertiary/aromatic N) is 3. The average Bonchev–Trinajstić information content (AvgIpc) is 3.65. The Labute approximate surface area is 264 Å². The summed E-state index contributed by atoms with van der Waals surface area (Å²) in [6.45, 7) is 2.12. The van der Waals surface area contributed by atoms with Crippen molar-refractivity contribution in [2.75, 3.05) is 0 Å². The number of aromatic nitrogens is 3. The first kappa shape index (κ1) is 25.9. The van der Waals surface area contributed by atoms with Crippen molar-refractivity contribution in [1.82, 2.24) is 14.5 Å². The van der Waals surface area contributed by atoms with Crippen LogP contribution in [0, 0.1) is 6.92 Å². The maximum Gasteiger partial charge on any atom is 0.161 e. The molecule has 3 heterocycles. The molecule has 0 saturated heterocycles. The van der Waals surface area contributed by atoms with Crippen LogP contribution in [0.5, 0.6) is 0 Å². The molecule has 0 atom stereocenters. The number of hydrogen-bond acceptors (Lipinski definition) is 3. The fourth-order valence-corrected chi connectivity index (χ4v) is 7.80. The van der Waals surface area contributed by atoms with Gasteiger partial charge in [0.2, 0.25) is 0 Å². The highest BCUT2D eigenvalue weighted by Gasteiger charge is 2.19. The normalized spacial score (nSPS) is 11.7. The summed E-state index contributed by atoms with van der Waals surface area (Å²) in [6.07, 6.45) is 0. The minimum absolute atomic E-state index is 0.740. The van der Waals surface area contributed by atoms with Gasteiger partial charge in [0.1, 0.15) is 0 Å². The lowest BCUT2D eigenvalue weighted by Crippen LogP contribution is -1.97. The number of aryl methyl sites for hydroxylation is 1. The maximum atomic E-state index is 5.36. The van der Waals surface area contributed by atoms with Gasteiger partial charge in [0.15, 0.2) is 5.82 Å². The summed E-state index contributed by atoms with van der Waals surface area (Å²) in [7, 11) is 0. The second-order valence-corrected chi connectivity index (χ2v) is 12.5. The minimum atomic E-state index is 0.740. The van der Waals surface area contributed by atoms with Crippen LogP contribution in [0.4, 0.5) is 0 Å². The van der Waals surface area contributed by atoms with Gasteiger partial charge in [0, 0.05) is 53.3 Å². The largest absolute Gasteiger partial charge is 0.309 e. The lowest BCUT2D eigenvalue weighted by molar-refractivity contribution is 1.18. The van der Waals surface area contributed by atoms with E-state index in [0.717, 1.165) is 45.1 Å². The Morgan fingerprint density at radius 2 is 1.20 bits per heavy atom. The third-order valence-corrected chi connectivity index (χ3v) is 9.93. The summed E-state index contributed by atoms with van der Waals surface area (Å²) in [5.74, 6) is 0.740. The highest BCUT2D eigenvalue weighted by atomic mass is 32.1. The van der Waals surface area contributed by atoms with E-state index in [9.17, 15) is 0 Å². The molecule has 0 fully saturated rings. The van der Waals surface area contributed by atoms with Crippen LogP contribution in [0.1, 0.15) is 5.56 Å². The molecular weight excluding hydrogens is 567 g/mol. The Morgan fingerprint density at radius 1 is 0.533 bits per heavy atom. The van der Waals surface area contributed by atoms with Gasteiger partial charge < -0.3 is 4.57 Å². The highest BCUT2D eigenvalue weighted by Crippen LogP contribution is 2.42. The number of thiophene rings is 1. The molecule has 0 radical (unpaired) electrons. The minimum Gasteiger partial charge on any atom is -0.309 e. The first-order valence-corrected chi connectivity index (χ1v) is 16.0. The van der Waals surface area contributed by atoms with Gasteiger partial charge in [-0.1, -0.05) is 109 Å².